The minimum Gasteiger partial charge on any atom is -0.496 e. The number of ether oxygens (including phenoxy) is 1. The van der Waals surface area contributed by atoms with Crippen molar-refractivity contribution in [2.24, 2.45) is 0 Å². The van der Waals surface area contributed by atoms with Crippen LogP contribution in [0, 0.1) is 0 Å². The number of rotatable bonds is 4. The summed E-state index contributed by atoms with van der Waals surface area (Å²) in [4.78, 5) is 11.2. The molecule has 0 radical (unpaired) electrons. The molecule has 0 aliphatic rings. The van der Waals surface area contributed by atoms with Crippen LogP contribution >= 0.6 is 23.4 Å². The van der Waals surface area contributed by atoms with E-state index in [4.69, 9.17) is 16.3 Å². The third-order valence-electron chi connectivity index (χ3n) is 2.06. The molecule has 1 aromatic rings. The van der Waals surface area contributed by atoms with Gasteiger partial charge in [0.2, 0.25) is 0 Å². The van der Waals surface area contributed by atoms with E-state index >= 15 is 0 Å². The molecule has 0 aliphatic heterocycles. The van der Waals surface area contributed by atoms with Gasteiger partial charge in [-0.3, -0.25) is 4.79 Å². The van der Waals surface area contributed by atoms with Crippen molar-refractivity contribution in [3.8, 4) is 5.75 Å². The van der Waals surface area contributed by atoms with Crippen molar-refractivity contribution in [2.75, 3.05) is 7.11 Å². The van der Waals surface area contributed by atoms with Gasteiger partial charge in [-0.05, 0) is 36.9 Å². The minimum absolute atomic E-state index is 0.0369. The monoisotopic (exact) mass is 298 g/mol. The number of halogens is 4. The number of benzene rings is 1. The van der Waals surface area contributed by atoms with Crippen molar-refractivity contribution < 1.29 is 22.7 Å². The quantitative estimate of drug-likeness (QED) is 0.616. The smallest absolute Gasteiger partial charge is 0.446 e. The molecule has 100 valence electrons. The first-order valence-corrected chi connectivity index (χ1v) is 6.08. The Labute approximate surface area is 111 Å². The highest BCUT2D eigenvalue weighted by Gasteiger charge is 2.30. The van der Waals surface area contributed by atoms with Crippen LogP contribution in [0.25, 0.3) is 0 Å². The van der Waals surface area contributed by atoms with Gasteiger partial charge in [0.1, 0.15) is 11.1 Å². The van der Waals surface area contributed by atoms with Crippen molar-refractivity contribution in [1.29, 1.82) is 0 Å². The van der Waals surface area contributed by atoms with Crippen molar-refractivity contribution in [2.45, 2.75) is 22.7 Å². The summed E-state index contributed by atoms with van der Waals surface area (Å²) in [5.74, 6) is -0.0687. The molecule has 1 unspecified atom stereocenters. The second kappa shape index (κ2) is 5.84. The van der Waals surface area contributed by atoms with Crippen LogP contribution in [0.2, 0.25) is 0 Å². The van der Waals surface area contributed by atoms with E-state index in [2.05, 4.69) is 0 Å². The average molecular weight is 299 g/mol. The fourth-order valence-corrected chi connectivity index (χ4v) is 2.09. The van der Waals surface area contributed by atoms with Gasteiger partial charge in [-0.25, -0.2) is 0 Å². The predicted molar refractivity (Wildman–Crippen MR) is 64.2 cm³/mol. The summed E-state index contributed by atoms with van der Waals surface area (Å²) in [6.07, 6.45) is 0. The molecule has 2 nitrogen and oxygen atoms in total. The zero-order chi connectivity index (χ0) is 13.9. The molecular formula is C11H10ClF3O2S. The normalized spacial score (nSPS) is 13.2. The maximum absolute atomic E-state index is 12.2. The minimum atomic E-state index is -4.39. The average Bonchev–Trinajstić information content (AvgIpc) is 2.25. The first-order chi connectivity index (χ1) is 8.24. The number of alkyl halides is 4. The van der Waals surface area contributed by atoms with Gasteiger partial charge in [0.25, 0.3) is 0 Å². The molecule has 0 saturated heterocycles. The highest BCUT2D eigenvalue weighted by Crippen LogP contribution is 2.40. The number of thioether (sulfide) groups is 1. The zero-order valence-corrected chi connectivity index (χ0v) is 11.1. The van der Waals surface area contributed by atoms with Crippen molar-refractivity contribution >= 4 is 29.1 Å². The molecule has 0 fully saturated rings. The van der Waals surface area contributed by atoms with E-state index in [1.807, 2.05) is 0 Å². The van der Waals surface area contributed by atoms with Crippen LogP contribution in [0.3, 0.4) is 0 Å². The van der Waals surface area contributed by atoms with Crippen LogP contribution in [0.5, 0.6) is 5.75 Å². The summed E-state index contributed by atoms with van der Waals surface area (Å²) >= 11 is 5.59. The Morgan fingerprint density at radius 2 is 2.06 bits per heavy atom. The third-order valence-corrected chi connectivity index (χ3v) is 3.33. The van der Waals surface area contributed by atoms with E-state index in [1.54, 1.807) is 0 Å². The SMILES string of the molecule is COc1ccc(SC(F)(F)F)cc1C(Cl)C(C)=O. The number of hydrogen-bond donors (Lipinski definition) is 0. The molecule has 0 aromatic heterocycles. The fraction of sp³-hybridized carbons (Fsp3) is 0.364. The Bertz CT molecular complexity index is 448. The van der Waals surface area contributed by atoms with Gasteiger partial charge in [0.05, 0.1) is 7.11 Å². The first kappa shape index (κ1) is 15.2. The van der Waals surface area contributed by atoms with Gasteiger partial charge in [-0.1, -0.05) is 0 Å². The zero-order valence-electron chi connectivity index (χ0n) is 9.55. The van der Waals surface area contributed by atoms with Gasteiger partial charge >= 0.3 is 5.51 Å². The van der Waals surface area contributed by atoms with E-state index in [1.165, 1.54) is 32.2 Å². The van der Waals surface area contributed by atoms with Gasteiger partial charge in [-0.2, -0.15) is 13.2 Å². The summed E-state index contributed by atoms with van der Waals surface area (Å²) in [5.41, 5.74) is -4.15. The topological polar surface area (TPSA) is 26.3 Å². The number of carbonyl (C=O) groups is 1. The van der Waals surface area contributed by atoms with E-state index in [9.17, 15) is 18.0 Å². The van der Waals surface area contributed by atoms with E-state index in [0.29, 0.717) is 0 Å². The van der Waals surface area contributed by atoms with Crippen LogP contribution in [-0.2, 0) is 4.79 Å². The van der Waals surface area contributed by atoms with Crippen molar-refractivity contribution in [3.63, 3.8) is 0 Å². The fourth-order valence-electron chi connectivity index (χ4n) is 1.33. The van der Waals surface area contributed by atoms with Crippen molar-refractivity contribution in [1.82, 2.24) is 0 Å². The Morgan fingerprint density at radius 1 is 1.44 bits per heavy atom. The maximum Gasteiger partial charge on any atom is 0.446 e. The lowest BCUT2D eigenvalue weighted by molar-refractivity contribution is -0.116. The summed E-state index contributed by atoms with van der Waals surface area (Å²) < 4.78 is 41.7. The molecule has 1 atom stereocenters. The Balaban J connectivity index is 3.13. The number of Topliss-reactive ketones (excluding diaryl/α,β-unsaturated/α-hetero) is 1. The molecule has 0 saturated carbocycles. The van der Waals surface area contributed by atoms with Crippen molar-refractivity contribution in [3.05, 3.63) is 23.8 Å². The van der Waals surface area contributed by atoms with E-state index < -0.39 is 10.9 Å². The summed E-state index contributed by atoms with van der Waals surface area (Å²) in [6, 6.07) is 3.85. The standard InChI is InChI=1S/C11H10ClF3O2S/c1-6(16)10(12)8-5-7(18-11(13,14)15)3-4-9(8)17-2/h3-5,10H,1-2H3. The lowest BCUT2D eigenvalue weighted by atomic mass is 10.1. The molecule has 0 bridgehead atoms. The maximum atomic E-state index is 12.2. The number of carbonyl (C=O) groups excluding carboxylic acids is 1. The summed E-state index contributed by atoms with van der Waals surface area (Å²) in [6.45, 7) is 1.26. The second-order valence-corrected chi connectivity index (χ2v) is 5.00. The van der Waals surface area contributed by atoms with Gasteiger partial charge in [0, 0.05) is 10.5 Å². The van der Waals surface area contributed by atoms with Gasteiger partial charge in [-0.15, -0.1) is 11.6 Å². The molecule has 7 heteroatoms. The molecular weight excluding hydrogens is 289 g/mol. The third kappa shape index (κ3) is 4.10. The second-order valence-electron chi connectivity index (χ2n) is 3.42. The van der Waals surface area contributed by atoms with Gasteiger partial charge in [0.15, 0.2) is 5.78 Å². The van der Waals surface area contributed by atoms with Crippen LogP contribution in [0.1, 0.15) is 17.9 Å². The molecule has 0 aliphatic carbocycles. The predicted octanol–water partition coefficient (Wildman–Crippen LogP) is 4.18. The highest BCUT2D eigenvalue weighted by molar-refractivity contribution is 8.00. The lowest BCUT2D eigenvalue weighted by Gasteiger charge is -2.14. The Morgan fingerprint density at radius 3 is 2.50 bits per heavy atom. The first-order valence-electron chi connectivity index (χ1n) is 4.83. The molecule has 0 amide bonds. The molecule has 18 heavy (non-hydrogen) atoms. The van der Waals surface area contributed by atoms with E-state index in [-0.39, 0.29) is 33.8 Å². The number of ketones is 1. The molecule has 0 heterocycles. The molecule has 1 aromatic carbocycles. The van der Waals surface area contributed by atoms with Crippen LogP contribution in [0.15, 0.2) is 23.1 Å². The van der Waals surface area contributed by atoms with Crippen LogP contribution in [0.4, 0.5) is 13.2 Å². The highest BCUT2D eigenvalue weighted by atomic mass is 35.5. The largest absolute Gasteiger partial charge is 0.496 e. The molecule has 0 spiro atoms. The molecule has 0 N–H and O–H groups in total. The van der Waals surface area contributed by atoms with Crippen LogP contribution < -0.4 is 4.74 Å². The van der Waals surface area contributed by atoms with E-state index in [0.717, 1.165) is 0 Å². The number of methoxy groups -OCH3 is 1. The molecule has 1 rings (SSSR count). The van der Waals surface area contributed by atoms with Crippen LogP contribution in [-0.4, -0.2) is 18.4 Å². The number of hydrogen-bond acceptors (Lipinski definition) is 3. The summed E-state index contributed by atoms with van der Waals surface area (Å²) in [7, 11) is 1.36. The Kier molecular flexibility index (Phi) is 4.92. The summed E-state index contributed by atoms with van der Waals surface area (Å²) in [5, 5.41) is -1.02. The Hall–Kier alpha value is -0.880. The van der Waals surface area contributed by atoms with Gasteiger partial charge < -0.3 is 4.74 Å². The lowest BCUT2D eigenvalue weighted by Crippen LogP contribution is -2.05.